The van der Waals surface area contributed by atoms with Crippen LogP contribution in [-0.4, -0.2) is 55.0 Å². The molecule has 0 radical (unpaired) electrons. The van der Waals surface area contributed by atoms with Gasteiger partial charge in [0.2, 0.25) is 5.91 Å². The van der Waals surface area contributed by atoms with Crippen molar-refractivity contribution in [3.63, 3.8) is 0 Å². The summed E-state index contributed by atoms with van der Waals surface area (Å²) in [5.41, 5.74) is 11.9. The summed E-state index contributed by atoms with van der Waals surface area (Å²) in [7, 11) is 0. The molecule has 0 saturated heterocycles. The van der Waals surface area contributed by atoms with Crippen LogP contribution >= 0.6 is 32.1 Å². The molecule has 10 heteroatoms. The van der Waals surface area contributed by atoms with Crippen molar-refractivity contribution >= 4 is 53.5 Å². The standard InChI is InChI=1S/C27H37IN4O3S.U/c1-16(2)21(11-12-27(5,6)29)26(35)32-14-20(33)8-10-23(32)25(34)31-17(3)22-9-7-19(13-28-22)24-18(4)30-15-36-24;/h7,9-11,13,15-17,20-21,29,33H,8,12,14H2,1-6H3,(H,31,34);/q-2;+2/t17-,20?,21?;/m0./s1. The van der Waals surface area contributed by atoms with E-state index in [2.05, 4.69) is 26.5 Å². The second kappa shape index (κ2) is 14.1. The molecule has 3 N–H and O–H groups in total. The van der Waals surface area contributed by atoms with Crippen LogP contribution in [0.4, 0.5) is 0 Å². The molecule has 200 valence electrons. The molecule has 2 unspecified atom stereocenters. The average molecular weight is 863 g/mol. The molecule has 2 aliphatic rings. The molecule has 7 nitrogen and oxygen atoms in total. The summed E-state index contributed by atoms with van der Waals surface area (Å²) >= 11 is 1.24. The van der Waals surface area contributed by atoms with Crippen molar-refractivity contribution in [2.45, 2.75) is 72.1 Å². The van der Waals surface area contributed by atoms with E-state index in [1.807, 2.05) is 53.5 Å². The van der Waals surface area contributed by atoms with E-state index in [0.717, 1.165) is 5.69 Å². The van der Waals surface area contributed by atoms with E-state index in [1.165, 1.54) is 18.9 Å². The average Bonchev–Trinajstić information content (AvgIpc) is 3.23. The van der Waals surface area contributed by atoms with Crippen molar-refractivity contribution in [2.75, 3.05) is 6.54 Å². The van der Waals surface area contributed by atoms with Crippen molar-refractivity contribution in [2.24, 2.45) is 11.8 Å². The van der Waals surface area contributed by atoms with Gasteiger partial charge < -0.3 is 27.5 Å². The minimum atomic E-state index is -0.705. The quantitative estimate of drug-likeness (QED) is 0.264. The Kier molecular flexibility index (Phi) is 12.4. The molecule has 1 aromatic heterocycles. The van der Waals surface area contributed by atoms with Crippen molar-refractivity contribution in [1.82, 2.24) is 15.2 Å². The maximum absolute atomic E-state index is 13.6. The van der Waals surface area contributed by atoms with Crippen LogP contribution in [0, 0.1) is 56.3 Å². The fourth-order valence-corrected chi connectivity index (χ4v) is 7.38. The summed E-state index contributed by atoms with van der Waals surface area (Å²) in [6.45, 7) is 11.6. The van der Waals surface area contributed by atoms with Crippen molar-refractivity contribution in [1.29, 1.82) is 0 Å². The molecule has 1 aromatic rings. The number of hydrogen-bond donors (Lipinski definition) is 2. The molecule has 3 rings (SSSR count). The van der Waals surface area contributed by atoms with E-state index in [-0.39, 0.29) is 61.4 Å². The normalized spacial score (nSPS) is 19.6. The van der Waals surface area contributed by atoms with Crippen LogP contribution in [-0.2, 0) is 9.59 Å². The van der Waals surface area contributed by atoms with E-state index in [1.54, 1.807) is 17.4 Å². The van der Waals surface area contributed by atoms with Crippen LogP contribution in [0.5, 0.6) is 0 Å². The number of aromatic nitrogens is 1. The zero-order valence-corrected chi connectivity index (χ0v) is 29.5. The second-order valence-electron chi connectivity index (χ2n) is 10.4. The van der Waals surface area contributed by atoms with E-state index in [4.69, 9.17) is 5.73 Å². The molecule has 0 spiro atoms. The topological polar surface area (TPSA) is 106 Å². The SMILES string of the molecule is Cc1ncsc1C1=CC=C([C@H](C)NC(=O)C2=CCC(O)CN2C(=O)C([CH-]CC(C)(C)[NH-])C(C)C)I=C1.[U+2]. The number of allylic oxidation sites excluding steroid dienone is 3. The first-order valence-electron chi connectivity index (χ1n) is 12.2. The molecule has 2 amide bonds. The van der Waals surface area contributed by atoms with E-state index in [9.17, 15) is 14.7 Å². The fourth-order valence-electron chi connectivity index (χ4n) is 4.07. The van der Waals surface area contributed by atoms with Crippen LogP contribution < -0.4 is 5.32 Å². The van der Waals surface area contributed by atoms with Gasteiger partial charge in [-0.1, -0.05) is 78.5 Å². The molecule has 0 aromatic carbocycles. The van der Waals surface area contributed by atoms with E-state index < -0.39 is 38.3 Å². The molecule has 2 aliphatic heterocycles. The third-order valence-corrected chi connectivity index (χ3v) is 10.1. The van der Waals surface area contributed by atoms with Gasteiger partial charge in [0.1, 0.15) is 5.70 Å². The van der Waals surface area contributed by atoms with Crippen molar-refractivity contribution in [3.8, 4) is 0 Å². The molecule has 3 atom stereocenters. The Hall–Kier alpha value is -0.638. The van der Waals surface area contributed by atoms with Gasteiger partial charge in [-0.3, -0.25) is 9.59 Å². The predicted molar refractivity (Wildman–Crippen MR) is 157 cm³/mol. The van der Waals surface area contributed by atoms with Gasteiger partial charge in [0.05, 0.1) is 34.8 Å². The minimum Gasteiger partial charge on any atom is -0.674 e. The number of aliphatic hydroxyl groups excluding tert-OH is 1. The van der Waals surface area contributed by atoms with Gasteiger partial charge in [-0.15, -0.1) is 11.3 Å². The monoisotopic (exact) mass is 862 g/mol. The summed E-state index contributed by atoms with van der Waals surface area (Å²) in [5, 5.41) is 13.4. The number of hydrogen-bond acceptors (Lipinski definition) is 5. The van der Waals surface area contributed by atoms with Crippen LogP contribution in [0.1, 0.15) is 58.0 Å². The summed E-state index contributed by atoms with van der Waals surface area (Å²) in [6, 6.07) is -0.164. The molecule has 0 bridgehead atoms. The molecule has 0 saturated carbocycles. The number of thiazole rings is 1. The Morgan fingerprint density at radius 3 is 2.59 bits per heavy atom. The van der Waals surface area contributed by atoms with E-state index in [0.29, 0.717) is 18.5 Å². The summed E-state index contributed by atoms with van der Waals surface area (Å²) in [5.74, 6) is -0.928. The van der Waals surface area contributed by atoms with Gasteiger partial charge in [-0.25, -0.2) is 4.98 Å². The third kappa shape index (κ3) is 8.94. The van der Waals surface area contributed by atoms with E-state index >= 15 is 0 Å². The fraction of sp³-hybridized carbons (Fsp3) is 0.519. The zero-order chi connectivity index (χ0) is 26.6. The first kappa shape index (κ1) is 32.6. The maximum atomic E-state index is 13.6. The Bertz CT molecular complexity index is 1100. The molecule has 3 heterocycles. The number of amides is 2. The van der Waals surface area contributed by atoms with Gasteiger partial charge in [0.15, 0.2) is 0 Å². The minimum absolute atomic E-state index is 0. The molecule has 0 fully saturated rings. The molecular weight excluding hydrogens is 825 g/mol. The molecular formula is C27H37IN4O3SU. The van der Waals surface area contributed by atoms with Gasteiger partial charge in [0, 0.05) is 3.58 Å². The molecule has 0 aliphatic carbocycles. The largest absolute Gasteiger partial charge is 2.00 e. The molecule has 37 heavy (non-hydrogen) atoms. The summed E-state index contributed by atoms with van der Waals surface area (Å²) in [4.78, 5) is 33.9. The number of aryl methyl sites for hydroxylation is 1. The van der Waals surface area contributed by atoms with Gasteiger partial charge in [-0.2, -0.15) is 12.0 Å². The first-order valence-corrected chi connectivity index (χ1v) is 15.5. The summed E-state index contributed by atoms with van der Waals surface area (Å²) < 4.78 is 3.45. The van der Waals surface area contributed by atoms with Crippen LogP contribution in [0.3, 0.4) is 0 Å². The first-order chi connectivity index (χ1) is 16.9. The number of β-amino-alcohol motifs (C(OH)–C–C–N with tert-alkyl or cyclic N) is 1. The van der Waals surface area contributed by atoms with Gasteiger partial charge in [-0.05, 0) is 29.9 Å². The Labute approximate surface area is 258 Å². The summed E-state index contributed by atoms with van der Waals surface area (Å²) in [6.07, 6.45) is 7.84. The smallest absolute Gasteiger partial charge is 0.674 e. The number of aliphatic hydroxyl groups is 1. The Morgan fingerprint density at radius 1 is 1.35 bits per heavy atom. The second-order valence-corrected chi connectivity index (χ2v) is 13.7. The Morgan fingerprint density at radius 2 is 2.05 bits per heavy atom. The number of nitrogens with one attached hydrogen (secondary N) is 2. The van der Waals surface area contributed by atoms with Crippen LogP contribution in [0.25, 0.3) is 11.3 Å². The Balaban J connectivity index is 0.00000481. The van der Waals surface area contributed by atoms with Crippen molar-refractivity contribution in [3.05, 3.63) is 55.7 Å². The van der Waals surface area contributed by atoms with Crippen LogP contribution in [0.2, 0.25) is 0 Å². The number of rotatable bonds is 9. The zero-order valence-electron chi connectivity index (χ0n) is 22.3. The number of carbonyl (C=O) groups is 2. The third-order valence-electron chi connectivity index (χ3n) is 6.14. The number of nitrogens with zero attached hydrogens (tertiary/aromatic N) is 2. The number of carbonyl (C=O) groups excluding carboxylic acids is 2. The predicted octanol–water partition coefficient (Wildman–Crippen LogP) is 5.18. The van der Waals surface area contributed by atoms with Gasteiger partial charge in [0.25, 0.3) is 5.91 Å². The maximum Gasteiger partial charge on any atom is 2.00 e. The van der Waals surface area contributed by atoms with Crippen molar-refractivity contribution < 1.29 is 45.8 Å². The van der Waals surface area contributed by atoms with Gasteiger partial charge >= 0.3 is 31.1 Å². The number of halogens is 1. The van der Waals surface area contributed by atoms with Crippen LogP contribution in [0.15, 0.2) is 33.0 Å².